The number of carbonyl (C=O) groups excluding carboxylic acids is 8. The Balaban J connectivity index is 1.31. The lowest BCUT2D eigenvalue weighted by Crippen LogP contribution is -2.60. The van der Waals surface area contributed by atoms with Crippen LogP contribution in [0.2, 0.25) is 0 Å². The molecule has 372 valence electrons. The highest BCUT2D eigenvalue weighted by atomic mass is 16.5. The quantitative estimate of drug-likeness (QED) is 0.0339. The maximum absolute atomic E-state index is 14.7. The van der Waals surface area contributed by atoms with Crippen molar-refractivity contribution in [2.24, 2.45) is 22.4 Å². The van der Waals surface area contributed by atoms with Gasteiger partial charge in [0.15, 0.2) is 5.96 Å². The number of guanidine groups is 1. The van der Waals surface area contributed by atoms with Crippen LogP contribution in [0, 0.1) is 5.92 Å². The van der Waals surface area contributed by atoms with Crippen LogP contribution in [-0.2, 0) is 55.9 Å². The Morgan fingerprint density at radius 1 is 0.812 bits per heavy atom. The molecule has 7 amide bonds. The Morgan fingerprint density at radius 2 is 1.52 bits per heavy atom. The number of aromatic amines is 1. The number of amides is 7. The number of fused-ring (bicyclic) bond motifs is 2. The number of aromatic nitrogens is 1. The predicted molar refractivity (Wildman–Crippen MR) is 257 cm³/mol. The highest BCUT2D eigenvalue weighted by molar-refractivity contribution is 5.99. The fourth-order valence-electron chi connectivity index (χ4n) is 9.48. The molecule has 3 heterocycles. The lowest BCUT2D eigenvalue weighted by atomic mass is 9.84. The minimum atomic E-state index is -1.22. The number of ether oxygens (including phenoxy) is 1. The summed E-state index contributed by atoms with van der Waals surface area (Å²) in [7, 11) is 1.14. The minimum Gasteiger partial charge on any atom is -0.469 e. The van der Waals surface area contributed by atoms with Gasteiger partial charge in [-0.05, 0) is 68.1 Å². The van der Waals surface area contributed by atoms with Crippen LogP contribution in [0.15, 0.2) is 65.8 Å². The van der Waals surface area contributed by atoms with Crippen LogP contribution in [0.25, 0.3) is 10.9 Å². The lowest BCUT2D eigenvalue weighted by Gasteiger charge is -2.32. The van der Waals surface area contributed by atoms with Crippen molar-refractivity contribution in [2.75, 3.05) is 26.7 Å². The third-order valence-corrected chi connectivity index (χ3v) is 13.1. The van der Waals surface area contributed by atoms with Gasteiger partial charge in [0.05, 0.1) is 7.11 Å². The first-order valence-corrected chi connectivity index (χ1v) is 24.1. The molecule has 2 aliphatic heterocycles. The molecule has 20 heteroatoms. The summed E-state index contributed by atoms with van der Waals surface area (Å²) in [5.41, 5.74) is 13.4. The zero-order chi connectivity index (χ0) is 49.3. The van der Waals surface area contributed by atoms with E-state index in [0.29, 0.717) is 31.2 Å². The molecule has 6 atom stereocenters. The fourth-order valence-corrected chi connectivity index (χ4v) is 9.48. The van der Waals surface area contributed by atoms with Gasteiger partial charge in [-0.25, -0.2) is 0 Å². The van der Waals surface area contributed by atoms with Crippen molar-refractivity contribution >= 4 is 64.2 Å². The Hall–Kier alpha value is -6.99. The Labute approximate surface area is 401 Å². The van der Waals surface area contributed by atoms with Crippen molar-refractivity contribution < 1.29 is 43.1 Å². The van der Waals surface area contributed by atoms with Gasteiger partial charge in [-0.3, -0.25) is 43.3 Å². The normalized spacial score (nSPS) is 22.7. The Kier molecular flexibility index (Phi) is 18.9. The number of nitrogens with zero attached hydrogens (tertiary/aromatic N) is 2. The molecule has 1 aliphatic carbocycles. The molecule has 3 aliphatic rings. The van der Waals surface area contributed by atoms with Gasteiger partial charge in [0.2, 0.25) is 41.4 Å². The maximum Gasteiger partial charge on any atom is 0.315 e. The van der Waals surface area contributed by atoms with E-state index >= 15 is 0 Å². The number of H-pyrrole nitrogens is 1. The van der Waals surface area contributed by atoms with E-state index in [2.05, 4.69) is 46.6 Å². The summed E-state index contributed by atoms with van der Waals surface area (Å²) < 4.78 is 4.65. The van der Waals surface area contributed by atoms with Gasteiger partial charge in [-0.2, -0.15) is 0 Å². The molecule has 1 saturated carbocycles. The summed E-state index contributed by atoms with van der Waals surface area (Å²) in [4.78, 5) is 120. The number of nitrogens with two attached hydrogens (primary N) is 2. The van der Waals surface area contributed by atoms with Crippen LogP contribution in [0.5, 0.6) is 0 Å². The molecule has 0 bridgehead atoms. The van der Waals surface area contributed by atoms with Crippen molar-refractivity contribution in [3.8, 4) is 0 Å². The van der Waals surface area contributed by atoms with Gasteiger partial charge in [0, 0.05) is 49.6 Å². The number of benzene rings is 2. The summed E-state index contributed by atoms with van der Waals surface area (Å²) in [6, 6.07) is 9.70. The van der Waals surface area contributed by atoms with Crippen molar-refractivity contribution in [1.29, 1.82) is 0 Å². The number of hydrogen-bond acceptors (Lipinski definition) is 10. The fraction of sp³-hybridized carbons (Fsp3) is 0.531. The highest BCUT2D eigenvalue weighted by Gasteiger charge is 2.41. The van der Waals surface area contributed by atoms with Crippen molar-refractivity contribution in [3.05, 3.63) is 71.9 Å². The third kappa shape index (κ3) is 15.0. The number of hydrogen-bond donors (Lipinski definition) is 9. The van der Waals surface area contributed by atoms with Gasteiger partial charge < -0.3 is 58.0 Å². The van der Waals surface area contributed by atoms with E-state index in [1.54, 1.807) is 36.5 Å². The molecule has 3 fully saturated rings. The van der Waals surface area contributed by atoms with Crippen LogP contribution >= 0.6 is 0 Å². The monoisotopic (exact) mass is 954 g/mol. The Morgan fingerprint density at radius 3 is 2.28 bits per heavy atom. The van der Waals surface area contributed by atoms with Crippen LogP contribution < -0.4 is 43.4 Å². The summed E-state index contributed by atoms with van der Waals surface area (Å²) in [6.07, 6.45) is 7.65. The molecule has 20 nitrogen and oxygen atoms in total. The smallest absolute Gasteiger partial charge is 0.315 e. The predicted octanol–water partition coefficient (Wildman–Crippen LogP) is 0.865. The minimum absolute atomic E-state index is 0.00474. The number of nitrogens with one attached hydrogen (secondary N) is 7. The van der Waals surface area contributed by atoms with Crippen LogP contribution in [0.4, 0.5) is 0 Å². The average molecular weight is 954 g/mol. The molecule has 3 aromatic rings. The third-order valence-electron chi connectivity index (χ3n) is 13.1. The van der Waals surface area contributed by atoms with E-state index in [-0.39, 0.29) is 63.6 Å². The first-order valence-electron chi connectivity index (χ1n) is 24.1. The maximum atomic E-state index is 14.7. The Bertz CT molecular complexity index is 2310. The lowest BCUT2D eigenvalue weighted by molar-refractivity contribution is -0.145. The highest BCUT2D eigenvalue weighted by Crippen LogP contribution is 2.28. The molecule has 0 radical (unpaired) electrons. The number of methoxy groups -OCH3 is 1. The molecule has 2 aromatic carbocycles. The molecule has 1 aromatic heterocycles. The number of rotatable bonds is 15. The standard InChI is InChI=1S/C49H67N11O9/c1-69-42(62)28-41(61)55-37(25-30-13-4-2-5-14-30)44(64)57-36-20-11-22-52-43(63)35(19-10-23-53-49(50)51)56-46(66)39(27-32-29-54-34-18-9-8-17-33(32)34)58-45(65)38(26-31-15-6-3-7-16-31)59-47(67)40-21-12-24-60(40)48(36)68/h2,4-5,8-9,13-14,17-18,29,31,35-40,54H,3,6-7,10-12,15-16,19-28H2,1H3,(H,52,63)(H,55,61)(H,56,66)(H,57,64)(H,58,65)(H,59,67)(H4,50,51,53)/t35-,36-,37-,38+,39-,40-/m0/s1. The second-order valence-corrected chi connectivity index (χ2v) is 18.2. The second kappa shape index (κ2) is 25.4. The molecule has 6 rings (SSSR count). The van der Waals surface area contributed by atoms with E-state index in [1.807, 2.05) is 24.3 Å². The average Bonchev–Trinajstić information content (AvgIpc) is 4.00. The zero-order valence-corrected chi connectivity index (χ0v) is 39.3. The number of carbonyl (C=O) groups is 8. The summed E-state index contributed by atoms with van der Waals surface area (Å²) >= 11 is 0. The van der Waals surface area contributed by atoms with Gasteiger partial charge in [-0.15, -0.1) is 0 Å². The first kappa shape index (κ1) is 51.4. The van der Waals surface area contributed by atoms with Crippen molar-refractivity contribution in [2.45, 2.75) is 133 Å². The van der Waals surface area contributed by atoms with Crippen molar-refractivity contribution in [3.63, 3.8) is 0 Å². The zero-order valence-electron chi connectivity index (χ0n) is 39.3. The number of aliphatic imine (C=N–C) groups is 1. The first-order chi connectivity index (χ1) is 33.3. The van der Waals surface area contributed by atoms with E-state index in [4.69, 9.17) is 11.5 Å². The van der Waals surface area contributed by atoms with E-state index in [0.717, 1.165) is 55.7 Å². The molecule has 11 N–H and O–H groups in total. The molecular formula is C49H67N11O9. The number of esters is 1. The molecule has 0 spiro atoms. The van der Waals surface area contributed by atoms with Crippen LogP contribution in [0.1, 0.15) is 94.6 Å². The van der Waals surface area contributed by atoms with Gasteiger partial charge in [0.1, 0.15) is 42.7 Å². The summed E-state index contributed by atoms with van der Waals surface area (Å²) in [5, 5.41) is 18.0. The molecular weight excluding hydrogens is 887 g/mol. The van der Waals surface area contributed by atoms with E-state index < -0.39 is 90.0 Å². The van der Waals surface area contributed by atoms with E-state index in [9.17, 15) is 38.4 Å². The topological polar surface area (TPSA) is 301 Å². The molecule has 0 unspecified atom stereocenters. The van der Waals surface area contributed by atoms with Gasteiger partial charge in [-0.1, -0.05) is 80.6 Å². The largest absolute Gasteiger partial charge is 0.469 e. The van der Waals surface area contributed by atoms with Gasteiger partial charge in [0.25, 0.3) is 0 Å². The van der Waals surface area contributed by atoms with Gasteiger partial charge >= 0.3 is 5.97 Å². The summed E-state index contributed by atoms with van der Waals surface area (Å²) in [5.74, 6) is -5.10. The van der Waals surface area contributed by atoms with Crippen LogP contribution in [0.3, 0.4) is 0 Å². The molecule has 2 saturated heterocycles. The van der Waals surface area contributed by atoms with Crippen molar-refractivity contribution in [1.82, 2.24) is 41.8 Å². The second-order valence-electron chi connectivity index (χ2n) is 18.2. The number of para-hydroxylation sites is 1. The SMILES string of the molecule is COC(=O)CC(=O)N[C@@H](Cc1ccccc1)C(=O)N[C@H]1CCCNC(=O)[C@H](CCCN=C(N)N)NC(=O)[C@H](Cc2c[nH]c3ccccc23)NC(=O)[C@@H](CC2CCCCC2)NC(=O)[C@@H]2CCCN2C1=O. The van der Waals surface area contributed by atoms with Crippen LogP contribution in [-0.4, -0.2) is 126 Å². The molecule has 69 heavy (non-hydrogen) atoms. The summed E-state index contributed by atoms with van der Waals surface area (Å²) in [6.45, 7) is 0.386. The van der Waals surface area contributed by atoms with E-state index in [1.165, 1.54) is 4.90 Å².